The summed E-state index contributed by atoms with van der Waals surface area (Å²) in [4.78, 5) is 23.7. The predicted molar refractivity (Wildman–Crippen MR) is 88.0 cm³/mol. The number of rotatable bonds is 7. The third-order valence-corrected chi connectivity index (χ3v) is 3.62. The lowest BCUT2D eigenvalue weighted by Crippen LogP contribution is -2.13. The summed E-state index contributed by atoms with van der Waals surface area (Å²) in [5.74, 6) is 0.371. The molecule has 1 aromatic heterocycles. The molecule has 0 bridgehead atoms. The first-order valence-electron chi connectivity index (χ1n) is 7.91. The largest absolute Gasteiger partial charge is 0.493 e. The van der Waals surface area contributed by atoms with Crippen molar-refractivity contribution in [2.45, 2.75) is 40.0 Å². The van der Waals surface area contributed by atoms with Crippen molar-refractivity contribution in [1.82, 2.24) is 0 Å². The van der Waals surface area contributed by atoms with Gasteiger partial charge in [0.1, 0.15) is 11.3 Å². The van der Waals surface area contributed by atoms with Crippen molar-refractivity contribution in [3.63, 3.8) is 0 Å². The molecule has 124 valence electrons. The van der Waals surface area contributed by atoms with Gasteiger partial charge < -0.3 is 13.9 Å². The molecular formula is C18H22O5. The Hall–Kier alpha value is -2.30. The first-order chi connectivity index (χ1) is 11.1. The summed E-state index contributed by atoms with van der Waals surface area (Å²) in [7, 11) is 0. The van der Waals surface area contributed by atoms with Crippen LogP contribution in [0, 0.1) is 6.92 Å². The van der Waals surface area contributed by atoms with E-state index in [0.29, 0.717) is 36.5 Å². The number of carbonyl (C=O) groups is 1. The zero-order chi connectivity index (χ0) is 16.8. The number of benzene rings is 1. The summed E-state index contributed by atoms with van der Waals surface area (Å²) in [5, 5.41) is 0.854. The van der Waals surface area contributed by atoms with Crippen molar-refractivity contribution >= 4 is 16.9 Å². The lowest BCUT2D eigenvalue weighted by molar-refractivity contribution is -0.143. The highest BCUT2D eigenvalue weighted by atomic mass is 16.5. The Labute approximate surface area is 135 Å². The van der Waals surface area contributed by atoms with E-state index in [1.54, 1.807) is 13.0 Å². The quantitative estimate of drug-likeness (QED) is 0.578. The van der Waals surface area contributed by atoms with Crippen molar-refractivity contribution in [3.05, 3.63) is 39.7 Å². The predicted octanol–water partition coefficient (Wildman–Crippen LogP) is 3.39. The Bertz CT molecular complexity index is 745. The van der Waals surface area contributed by atoms with E-state index in [2.05, 4.69) is 0 Å². The van der Waals surface area contributed by atoms with E-state index in [9.17, 15) is 9.59 Å². The highest BCUT2D eigenvalue weighted by molar-refractivity contribution is 5.82. The van der Waals surface area contributed by atoms with Crippen molar-refractivity contribution in [2.24, 2.45) is 0 Å². The smallest absolute Gasteiger partial charge is 0.339 e. The van der Waals surface area contributed by atoms with Gasteiger partial charge in [-0.05, 0) is 44.4 Å². The number of carbonyl (C=O) groups excluding carboxylic acids is 1. The maximum Gasteiger partial charge on any atom is 0.339 e. The van der Waals surface area contributed by atoms with Gasteiger partial charge in [-0.3, -0.25) is 4.79 Å². The standard InChI is InChI=1S/C18H22O5/c1-4-10-22-13-6-7-14-12(3)15(8-9-17(19)21-5-2)18(20)23-16(14)11-13/h6-7,11H,4-5,8-10H2,1-3H3. The second-order valence-corrected chi connectivity index (χ2v) is 5.30. The number of hydrogen-bond donors (Lipinski definition) is 0. The summed E-state index contributed by atoms with van der Waals surface area (Å²) in [6.45, 7) is 6.61. The number of aryl methyl sites for hydroxylation is 1. The molecule has 0 saturated heterocycles. The molecule has 23 heavy (non-hydrogen) atoms. The van der Waals surface area contributed by atoms with E-state index < -0.39 is 5.63 Å². The summed E-state index contributed by atoms with van der Waals surface area (Å²) in [5.41, 5.74) is 1.45. The molecule has 0 fully saturated rings. The van der Waals surface area contributed by atoms with Crippen molar-refractivity contribution < 1.29 is 18.7 Å². The molecule has 2 rings (SSSR count). The lowest BCUT2D eigenvalue weighted by atomic mass is 10.0. The van der Waals surface area contributed by atoms with E-state index >= 15 is 0 Å². The average molecular weight is 318 g/mol. The van der Waals surface area contributed by atoms with Crippen LogP contribution in [-0.4, -0.2) is 19.2 Å². The Morgan fingerprint density at radius 3 is 2.74 bits per heavy atom. The molecule has 0 aliphatic heterocycles. The molecule has 0 amide bonds. The third-order valence-electron chi connectivity index (χ3n) is 3.62. The Morgan fingerprint density at radius 1 is 1.26 bits per heavy atom. The summed E-state index contributed by atoms with van der Waals surface area (Å²) in [6, 6.07) is 5.47. The minimum Gasteiger partial charge on any atom is -0.493 e. The highest BCUT2D eigenvalue weighted by Gasteiger charge is 2.14. The Kier molecular flexibility index (Phi) is 5.79. The maximum absolute atomic E-state index is 12.2. The first kappa shape index (κ1) is 17.1. The van der Waals surface area contributed by atoms with Gasteiger partial charge in [-0.25, -0.2) is 4.79 Å². The van der Waals surface area contributed by atoms with Gasteiger partial charge in [0.05, 0.1) is 13.2 Å². The normalized spacial score (nSPS) is 10.7. The maximum atomic E-state index is 12.2. The summed E-state index contributed by atoms with van der Waals surface area (Å²) < 4.78 is 15.9. The molecule has 0 N–H and O–H groups in total. The van der Waals surface area contributed by atoms with E-state index in [4.69, 9.17) is 13.9 Å². The van der Waals surface area contributed by atoms with Gasteiger partial charge in [0.25, 0.3) is 0 Å². The minimum absolute atomic E-state index is 0.169. The molecule has 0 radical (unpaired) electrons. The van der Waals surface area contributed by atoms with E-state index in [1.165, 1.54) is 0 Å². The average Bonchev–Trinajstić information content (AvgIpc) is 2.52. The van der Waals surface area contributed by atoms with E-state index in [-0.39, 0.29) is 12.4 Å². The number of ether oxygens (including phenoxy) is 2. The Morgan fingerprint density at radius 2 is 2.04 bits per heavy atom. The van der Waals surface area contributed by atoms with E-state index in [0.717, 1.165) is 17.4 Å². The van der Waals surface area contributed by atoms with Gasteiger partial charge in [-0.15, -0.1) is 0 Å². The topological polar surface area (TPSA) is 65.7 Å². The molecule has 0 aliphatic rings. The van der Waals surface area contributed by atoms with Crippen LogP contribution in [0.1, 0.15) is 37.8 Å². The van der Waals surface area contributed by atoms with Crippen LogP contribution in [0.3, 0.4) is 0 Å². The Balaban J connectivity index is 2.30. The van der Waals surface area contributed by atoms with Crippen molar-refractivity contribution in [2.75, 3.05) is 13.2 Å². The lowest BCUT2D eigenvalue weighted by Gasteiger charge is -2.09. The molecule has 1 heterocycles. The van der Waals surface area contributed by atoms with Gasteiger partial charge in [-0.2, -0.15) is 0 Å². The molecule has 1 aromatic carbocycles. The van der Waals surface area contributed by atoms with Crippen LogP contribution in [0.2, 0.25) is 0 Å². The molecule has 0 unspecified atom stereocenters. The van der Waals surface area contributed by atoms with Crippen LogP contribution in [0.5, 0.6) is 5.75 Å². The SMILES string of the molecule is CCCOc1ccc2c(C)c(CCC(=O)OCC)c(=O)oc2c1. The molecular weight excluding hydrogens is 296 g/mol. The monoisotopic (exact) mass is 318 g/mol. The second-order valence-electron chi connectivity index (χ2n) is 5.30. The van der Waals surface area contributed by atoms with Gasteiger partial charge >= 0.3 is 11.6 Å². The minimum atomic E-state index is -0.410. The van der Waals surface area contributed by atoms with Crippen LogP contribution in [0.25, 0.3) is 11.0 Å². The summed E-state index contributed by atoms with van der Waals surface area (Å²) in [6.07, 6.45) is 1.40. The van der Waals surface area contributed by atoms with Crippen LogP contribution < -0.4 is 10.4 Å². The van der Waals surface area contributed by atoms with Gasteiger partial charge in [-0.1, -0.05) is 6.92 Å². The molecule has 0 atom stereocenters. The van der Waals surface area contributed by atoms with E-state index in [1.807, 2.05) is 26.0 Å². The highest BCUT2D eigenvalue weighted by Crippen LogP contribution is 2.24. The molecule has 0 spiro atoms. The van der Waals surface area contributed by atoms with Gasteiger partial charge in [0.2, 0.25) is 0 Å². The van der Waals surface area contributed by atoms with Gasteiger partial charge in [0, 0.05) is 23.4 Å². The number of hydrogen-bond acceptors (Lipinski definition) is 5. The molecule has 5 heteroatoms. The molecule has 5 nitrogen and oxygen atoms in total. The van der Waals surface area contributed by atoms with Crippen LogP contribution in [-0.2, 0) is 16.0 Å². The molecule has 0 aliphatic carbocycles. The van der Waals surface area contributed by atoms with Crippen molar-refractivity contribution in [3.8, 4) is 5.75 Å². The fourth-order valence-corrected chi connectivity index (χ4v) is 2.43. The third kappa shape index (κ3) is 4.12. The van der Waals surface area contributed by atoms with Crippen molar-refractivity contribution in [1.29, 1.82) is 0 Å². The fourth-order valence-electron chi connectivity index (χ4n) is 2.43. The fraction of sp³-hybridized carbons (Fsp3) is 0.444. The zero-order valence-electron chi connectivity index (χ0n) is 13.8. The van der Waals surface area contributed by atoms with Crippen LogP contribution in [0.4, 0.5) is 0 Å². The number of esters is 1. The second kappa shape index (κ2) is 7.81. The van der Waals surface area contributed by atoms with Crippen LogP contribution in [0.15, 0.2) is 27.4 Å². The molecule has 2 aromatic rings. The van der Waals surface area contributed by atoms with Gasteiger partial charge in [0.15, 0.2) is 0 Å². The number of fused-ring (bicyclic) bond motifs is 1. The summed E-state index contributed by atoms with van der Waals surface area (Å²) >= 11 is 0. The first-order valence-corrected chi connectivity index (χ1v) is 7.91. The molecule has 0 saturated carbocycles. The van der Waals surface area contributed by atoms with Crippen LogP contribution >= 0.6 is 0 Å². The zero-order valence-corrected chi connectivity index (χ0v) is 13.8.